The molecular formula is C13H20O. The highest BCUT2D eigenvalue weighted by molar-refractivity contribution is 5.15. The summed E-state index contributed by atoms with van der Waals surface area (Å²) >= 11 is 0. The van der Waals surface area contributed by atoms with Crippen molar-refractivity contribution in [2.24, 2.45) is 11.8 Å². The molecule has 0 fully saturated rings. The molecule has 0 radical (unpaired) electrons. The predicted octanol–water partition coefficient (Wildman–Crippen LogP) is 3.15. The first-order chi connectivity index (χ1) is 6.74. The third-order valence-electron chi connectivity index (χ3n) is 2.66. The lowest BCUT2D eigenvalue weighted by Crippen LogP contribution is -2.17. The molecule has 0 saturated carbocycles. The van der Waals surface area contributed by atoms with Gasteiger partial charge in [0.25, 0.3) is 0 Å². The SMILES string of the molecule is COC[C@@H](Cc1ccccc1)C(C)C. The van der Waals surface area contributed by atoms with E-state index in [1.165, 1.54) is 5.56 Å². The molecule has 1 rings (SSSR count). The molecular weight excluding hydrogens is 172 g/mol. The summed E-state index contributed by atoms with van der Waals surface area (Å²) < 4.78 is 5.24. The lowest BCUT2D eigenvalue weighted by molar-refractivity contribution is 0.129. The zero-order valence-corrected chi connectivity index (χ0v) is 9.36. The standard InChI is InChI=1S/C13H20O/c1-11(2)13(10-14-3)9-12-7-5-4-6-8-12/h4-8,11,13H,9-10H2,1-3H3/t13-/m1/s1. The fraction of sp³-hybridized carbons (Fsp3) is 0.538. The van der Waals surface area contributed by atoms with Crippen molar-refractivity contribution >= 4 is 0 Å². The zero-order chi connectivity index (χ0) is 10.4. The van der Waals surface area contributed by atoms with Gasteiger partial charge in [-0.2, -0.15) is 0 Å². The molecule has 0 aliphatic carbocycles. The van der Waals surface area contributed by atoms with Crippen LogP contribution >= 0.6 is 0 Å². The van der Waals surface area contributed by atoms with E-state index < -0.39 is 0 Å². The maximum Gasteiger partial charge on any atom is 0.0496 e. The molecule has 14 heavy (non-hydrogen) atoms. The Bertz CT molecular complexity index is 241. The number of benzene rings is 1. The van der Waals surface area contributed by atoms with E-state index in [9.17, 15) is 0 Å². The number of ether oxygens (including phenoxy) is 1. The largest absolute Gasteiger partial charge is 0.384 e. The Balaban J connectivity index is 2.55. The van der Waals surface area contributed by atoms with Crippen LogP contribution in [0.25, 0.3) is 0 Å². The van der Waals surface area contributed by atoms with Gasteiger partial charge >= 0.3 is 0 Å². The first-order valence-corrected chi connectivity index (χ1v) is 5.27. The van der Waals surface area contributed by atoms with Crippen LogP contribution in [0.15, 0.2) is 30.3 Å². The zero-order valence-electron chi connectivity index (χ0n) is 9.36. The molecule has 0 saturated heterocycles. The minimum Gasteiger partial charge on any atom is -0.384 e. The van der Waals surface area contributed by atoms with E-state index in [0.717, 1.165) is 13.0 Å². The molecule has 78 valence electrons. The van der Waals surface area contributed by atoms with E-state index in [1.54, 1.807) is 7.11 Å². The highest BCUT2D eigenvalue weighted by Crippen LogP contribution is 2.17. The molecule has 1 atom stereocenters. The fourth-order valence-corrected chi connectivity index (χ4v) is 1.62. The second-order valence-corrected chi connectivity index (χ2v) is 4.15. The summed E-state index contributed by atoms with van der Waals surface area (Å²) in [6.07, 6.45) is 1.12. The second kappa shape index (κ2) is 5.82. The predicted molar refractivity (Wildman–Crippen MR) is 60.4 cm³/mol. The van der Waals surface area contributed by atoms with Gasteiger partial charge in [-0.1, -0.05) is 44.2 Å². The van der Waals surface area contributed by atoms with Crippen LogP contribution in [0.1, 0.15) is 19.4 Å². The molecule has 0 amide bonds. The van der Waals surface area contributed by atoms with E-state index in [4.69, 9.17) is 4.74 Å². The first kappa shape index (κ1) is 11.3. The van der Waals surface area contributed by atoms with Gasteiger partial charge in [0.05, 0.1) is 0 Å². The quantitative estimate of drug-likeness (QED) is 0.696. The summed E-state index contributed by atoms with van der Waals surface area (Å²) in [4.78, 5) is 0. The van der Waals surface area contributed by atoms with Gasteiger partial charge < -0.3 is 4.74 Å². The van der Waals surface area contributed by atoms with Crippen molar-refractivity contribution in [2.45, 2.75) is 20.3 Å². The van der Waals surface area contributed by atoms with Crippen LogP contribution in [0.3, 0.4) is 0 Å². The van der Waals surface area contributed by atoms with Gasteiger partial charge in [0.15, 0.2) is 0 Å². The van der Waals surface area contributed by atoms with Gasteiger partial charge in [-0.25, -0.2) is 0 Å². The van der Waals surface area contributed by atoms with Gasteiger partial charge in [0.2, 0.25) is 0 Å². The Morgan fingerprint density at radius 3 is 2.29 bits per heavy atom. The van der Waals surface area contributed by atoms with Crippen molar-refractivity contribution in [3.05, 3.63) is 35.9 Å². The van der Waals surface area contributed by atoms with Crippen molar-refractivity contribution in [3.63, 3.8) is 0 Å². The van der Waals surface area contributed by atoms with Crippen LogP contribution in [0.4, 0.5) is 0 Å². The summed E-state index contributed by atoms with van der Waals surface area (Å²) in [5, 5.41) is 0. The molecule has 0 aromatic heterocycles. The molecule has 0 aliphatic heterocycles. The van der Waals surface area contributed by atoms with Crippen molar-refractivity contribution < 1.29 is 4.74 Å². The summed E-state index contributed by atoms with van der Waals surface area (Å²) in [6.45, 7) is 5.37. The number of methoxy groups -OCH3 is 1. The Morgan fingerprint density at radius 1 is 1.14 bits per heavy atom. The molecule has 0 heterocycles. The van der Waals surface area contributed by atoms with Crippen LogP contribution < -0.4 is 0 Å². The minimum atomic E-state index is 0.627. The molecule has 1 heteroatoms. The highest BCUT2D eigenvalue weighted by atomic mass is 16.5. The maximum absolute atomic E-state index is 5.24. The first-order valence-electron chi connectivity index (χ1n) is 5.27. The Labute approximate surface area is 87.1 Å². The molecule has 0 N–H and O–H groups in total. The maximum atomic E-state index is 5.24. The smallest absolute Gasteiger partial charge is 0.0496 e. The van der Waals surface area contributed by atoms with Crippen LogP contribution in [0.2, 0.25) is 0 Å². The summed E-state index contributed by atoms with van der Waals surface area (Å²) in [6, 6.07) is 10.6. The number of rotatable bonds is 5. The molecule has 0 spiro atoms. The lowest BCUT2D eigenvalue weighted by atomic mass is 9.90. The Hall–Kier alpha value is -0.820. The average Bonchev–Trinajstić information content (AvgIpc) is 2.18. The number of hydrogen-bond acceptors (Lipinski definition) is 1. The summed E-state index contributed by atoms with van der Waals surface area (Å²) in [5.41, 5.74) is 1.41. The summed E-state index contributed by atoms with van der Waals surface area (Å²) in [7, 11) is 1.78. The third-order valence-corrected chi connectivity index (χ3v) is 2.66. The minimum absolute atomic E-state index is 0.627. The van der Waals surface area contributed by atoms with E-state index in [-0.39, 0.29) is 0 Å². The van der Waals surface area contributed by atoms with E-state index >= 15 is 0 Å². The molecule has 1 aromatic rings. The van der Waals surface area contributed by atoms with E-state index in [0.29, 0.717) is 11.8 Å². The van der Waals surface area contributed by atoms with Crippen molar-refractivity contribution in [1.82, 2.24) is 0 Å². The molecule has 0 unspecified atom stereocenters. The van der Waals surface area contributed by atoms with Crippen LogP contribution in [-0.2, 0) is 11.2 Å². The molecule has 1 nitrogen and oxygen atoms in total. The number of hydrogen-bond donors (Lipinski definition) is 0. The highest BCUT2D eigenvalue weighted by Gasteiger charge is 2.13. The topological polar surface area (TPSA) is 9.23 Å². The monoisotopic (exact) mass is 192 g/mol. The normalized spacial score (nSPS) is 13.1. The Kier molecular flexibility index (Phi) is 4.68. The lowest BCUT2D eigenvalue weighted by Gasteiger charge is -2.19. The van der Waals surface area contributed by atoms with Crippen LogP contribution in [0, 0.1) is 11.8 Å². The average molecular weight is 192 g/mol. The molecule has 0 aliphatic rings. The van der Waals surface area contributed by atoms with Gasteiger partial charge in [-0.05, 0) is 23.8 Å². The van der Waals surface area contributed by atoms with Gasteiger partial charge in [0, 0.05) is 13.7 Å². The van der Waals surface area contributed by atoms with Gasteiger partial charge in [0.1, 0.15) is 0 Å². The summed E-state index contributed by atoms with van der Waals surface area (Å²) in [5.74, 6) is 1.30. The van der Waals surface area contributed by atoms with Gasteiger partial charge in [-0.15, -0.1) is 0 Å². The van der Waals surface area contributed by atoms with Crippen LogP contribution in [0.5, 0.6) is 0 Å². The molecule has 1 aromatic carbocycles. The van der Waals surface area contributed by atoms with Crippen molar-refractivity contribution in [1.29, 1.82) is 0 Å². The van der Waals surface area contributed by atoms with Crippen molar-refractivity contribution in [3.8, 4) is 0 Å². The van der Waals surface area contributed by atoms with Crippen LogP contribution in [-0.4, -0.2) is 13.7 Å². The molecule has 0 bridgehead atoms. The fourth-order valence-electron chi connectivity index (χ4n) is 1.62. The van der Waals surface area contributed by atoms with E-state index in [1.807, 2.05) is 0 Å². The Morgan fingerprint density at radius 2 is 1.79 bits per heavy atom. The van der Waals surface area contributed by atoms with E-state index in [2.05, 4.69) is 44.2 Å². The van der Waals surface area contributed by atoms with Gasteiger partial charge in [-0.3, -0.25) is 0 Å². The third kappa shape index (κ3) is 3.51. The van der Waals surface area contributed by atoms with Crippen molar-refractivity contribution in [2.75, 3.05) is 13.7 Å². The second-order valence-electron chi connectivity index (χ2n) is 4.15.